The van der Waals surface area contributed by atoms with E-state index in [0.29, 0.717) is 11.8 Å². The third kappa shape index (κ3) is 40.6. The highest BCUT2D eigenvalue weighted by Crippen LogP contribution is 2.35. The van der Waals surface area contributed by atoms with Crippen LogP contribution in [-0.2, 0) is 52.9 Å². The number of rotatable bonds is 10. The highest BCUT2D eigenvalue weighted by Gasteiger charge is 2.30. The van der Waals surface area contributed by atoms with Crippen molar-refractivity contribution in [3.63, 3.8) is 0 Å². The van der Waals surface area contributed by atoms with Crippen molar-refractivity contribution in [2.45, 2.75) is 291 Å². The topological polar surface area (TPSA) is 207 Å². The van der Waals surface area contributed by atoms with Gasteiger partial charge in [-0.25, -0.2) is 24.7 Å². The SMILES string of the molecule is C=CC1=NC(C(C)(C)C)=CC1.C=CC1=NCC=C1C(C)(C)C.C=Cc1cc(C(C)(C)C)on1.C=Cc1cc(C(C)(C)C)sn1.C=Cc1nc(C(C)(C)C)co1.C=Cc1nc(C(C)(C)C)cs1.C=Cc1ncc(C(C)(C)C)o1.C=Cc1ncc(C(C)(C)C)s1.C=Cc1nocc1C(C)(C)C.C=Cc1nscc1C(C)(C)C.CC(C)(C)C1CC=CC(=O)O1. The summed E-state index contributed by atoms with van der Waals surface area (Å²) >= 11 is 6.41. The van der Waals surface area contributed by atoms with E-state index in [1.165, 1.54) is 44.2 Å². The van der Waals surface area contributed by atoms with Crippen LogP contribution in [0.5, 0.6) is 0 Å². The number of carbonyl (C=O) groups excluding carboxylic acids is 1. The van der Waals surface area contributed by atoms with Gasteiger partial charge in [-0.1, -0.05) is 323 Å². The van der Waals surface area contributed by atoms with Crippen LogP contribution in [0.2, 0.25) is 0 Å². The monoisotopic (exact) mass is 1730 g/mol. The smallest absolute Gasteiger partial charge is 0.330 e. The zero-order valence-electron chi connectivity index (χ0n) is 80.0. The second-order valence-corrected chi connectivity index (χ2v) is 43.3. The number of carbonyl (C=O) groups is 1. The quantitative estimate of drug-likeness (QED) is 0.117. The van der Waals surface area contributed by atoms with Crippen molar-refractivity contribution in [2.24, 2.45) is 26.2 Å². The number of ether oxygens (including phenoxy) is 1. The molecule has 1 unspecified atom stereocenters. The molecule has 8 aromatic heterocycles. The fourth-order valence-electron chi connectivity index (χ4n) is 9.68. The minimum absolute atomic E-state index is 0.0360. The molecule has 11 heterocycles. The number of thiazole rings is 2. The fraction of sp³-hybridized carbons (Fsp3) is 0.475. The number of aliphatic imine (C=N–C) groups is 2. The van der Waals surface area contributed by atoms with Crippen molar-refractivity contribution in [3.8, 4) is 0 Å². The van der Waals surface area contributed by atoms with Crippen LogP contribution in [0.4, 0.5) is 0 Å². The van der Waals surface area contributed by atoms with Crippen LogP contribution < -0.4 is 0 Å². The molecule has 20 heteroatoms. The summed E-state index contributed by atoms with van der Waals surface area (Å²) in [5.41, 5.74) is 14.3. The van der Waals surface area contributed by atoms with Gasteiger partial charge in [-0.2, -0.15) is 8.75 Å². The summed E-state index contributed by atoms with van der Waals surface area (Å²) in [5, 5.41) is 13.8. The van der Waals surface area contributed by atoms with Gasteiger partial charge in [0.15, 0.2) is 0 Å². The number of hydrogen-bond donors (Lipinski definition) is 0. The van der Waals surface area contributed by atoms with Crippen LogP contribution in [0.1, 0.15) is 330 Å². The van der Waals surface area contributed by atoms with Crippen molar-refractivity contribution in [3.05, 3.63) is 250 Å². The third-order valence-corrected chi connectivity index (χ3v) is 21.5. The van der Waals surface area contributed by atoms with E-state index in [-0.39, 0.29) is 71.6 Å². The first kappa shape index (κ1) is 110. The number of esters is 1. The average molecular weight is 1730 g/mol. The number of nitrogens with zero attached hydrogens (tertiary/aromatic N) is 10. The Balaban J connectivity index is 0.000000665. The predicted molar refractivity (Wildman–Crippen MR) is 528 cm³/mol. The molecular weight excluding hydrogens is 1580 g/mol. The number of cyclic esters (lactones) is 1. The number of allylic oxidation sites excluding steroid dienone is 5. The molecule has 0 saturated heterocycles. The second kappa shape index (κ2) is 48.0. The van der Waals surface area contributed by atoms with Gasteiger partial charge in [0, 0.05) is 95.7 Å². The van der Waals surface area contributed by atoms with Crippen LogP contribution in [0, 0.1) is 16.2 Å². The van der Waals surface area contributed by atoms with E-state index >= 15 is 0 Å². The first-order valence-electron chi connectivity index (χ1n) is 40.8. The van der Waals surface area contributed by atoms with Crippen LogP contribution in [0.3, 0.4) is 0 Å². The van der Waals surface area contributed by atoms with Crippen molar-refractivity contribution < 1.29 is 27.4 Å². The summed E-state index contributed by atoms with van der Waals surface area (Å²) in [6, 6.07) is 4.00. The first-order chi connectivity index (χ1) is 55.4. The van der Waals surface area contributed by atoms with E-state index in [1.54, 1.807) is 95.5 Å². The second-order valence-electron chi connectivity index (χ2n) is 39.9. The molecule has 8 aromatic rings. The Morgan fingerprint density at radius 1 is 0.471 bits per heavy atom. The van der Waals surface area contributed by atoms with Gasteiger partial charge < -0.3 is 22.6 Å². The molecule has 11 rings (SSSR count). The van der Waals surface area contributed by atoms with Crippen LogP contribution in [0.15, 0.2) is 189 Å². The molecule has 16 nitrogen and oxygen atoms in total. The van der Waals surface area contributed by atoms with Gasteiger partial charge in [-0.15, -0.1) is 22.7 Å². The van der Waals surface area contributed by atoms with Gasteiger partial charge in [-0.05, 0) is 134 Å². The maximum Gasteiger partial charge on any atom is 0.330 e. The van der Waals surface area contributed by atoms with Crippen LogP contribution >= 0.6 is 45.7 Å². The van der Waals surface area contributed by atoms with Crippen molar-refractivity contribution >= 4 is 112 Å². The van der Waals surface area contributed by atoms with Gasteiger partial charge in [-0.3, -0.25) is 9.98 Å². The average Bonchev–Trinajstić information content (AvgIpc) is 1.78. The van der Waals surface area contributed by atoms with E-state index in [0.717, 1.165) is 92.1 Å². The molecule has 662 valence electrons. The molecule has 3 aliphatic rings. The fourth-order valence-corrected chi connectivity index (χ4v) is 13.1. The van der Waals surface area contributed by atoms with E-state index in [1.807, 2.05) is 36.6 Å². The Morgan fingerprint density at radius 3 is 1.35 bits per heavy atom. The van der Waals surface area contributed by atoms with Gasteiger partial charge in [0.2, 0.25) is 11.8 Å². The number of hydrogen-bond acceptors (Lipinski definition) is 20. The summed E-state index contributed by atoms with van der Waals surface area (Å²) < 4.78 is 34.0. The highest BCUT2D eigenvalue weighted by molar-refractivity contribution is 7.12. The molecule has 0 fully saturated rings. The third-order valence-electron chi connectivity index (χ3n) is 17.4. The van der Waals surface area contributed by atoms with E-state index in [2.05, 4.69) is 372 Å². The molecule has 0 bridgehead atoms. The van der Waals surface area contributed by atoms with E-state index in [4.69, 9.17) is 22.6 Å². The largest absolute Gasteiger partial charge is 0.458 e. The maximum absolute atomic E-state index is 10.8. The normalized spacial score (nSPS) is 13.9. The van der Waals surface area contributed by atoms with Crippen LogP contribution in [0.25, 0.3) is 48.6 Å². The van der Waals surface area contributed by atoms with Crippen molar-refractivity contribution in [2.75, 3.05) is 6.54 Å². The molecule has 0 aromatic carbocycles. The van der Waals surface area contributed by atoms with Crippen molar-refractivity contribution in [1.29, 1.82) is 0 Å². The molecule has 0 spiro atoms. The Labute approximate surface area is 746 Å². The van der Waals surface area contributed by atoms with Gasteiger partial charge in [0.25, 0.3) is 0 Å². The number of oxazole rings is 2. The lowest BCUT2D eigenvalue weighted by molar-refractivity contribution is -0.149. The lowest BCUT2D eigenvalue weighted by Crippen LogP contribution is -2.32. The summed E-state index contributed by atoms with van der Waals surface area (Å²) in [6.07, 6.45) is 34.0. The first-order valence-corrected chi connectivity index (χ1v) is 44.1. The molecule has 1 atom stereocenters. The molecular formula is C101H148N10O6S4. The zero-order valence-corrected chi connectivity index (χ0v) is 83.3. The summed E-state index contributed by atoms with van der Waals surface area (Å²) in [7, 11) is 0. The van der Waals surface area contributed by atoms with Gasteiger partial charge >= 0.3 is 5.97 Å². The number of aromatic nitrogens is 8. The van der Waals surface area contributed by atoms with Crippen LogP contribution in [-0.4, -0.2) is 69.0 Å². The predicted octanol–water partition coefficient (Wildman–Crippen LogP) is 30.2. The molecule has 0 saturated carbocycles. The molecule has 0 amide bonds. The van der Waals surface area contributed by atoms with Gasteiger partial charge in [0.05, 0.1) is 41.2 Å². The van der Waals surface area contributed by atoms with Crippen molar-refractivity contribution in [1.82, 2.24) is 39.0 Å². The molecule has 3 aliphatic heterocycles. The Morgan fingerprint density at radius 2 is 1.04 bits per heavy atom. The van der Waals surface area contributed by atoms with E-state index in [9.17, 15) is 4.79 Å². The molecule has 0 N–H and O–H groups in total. The molecule has 121 heavy (non-hydrogen) atoms. The Bertz CT molecular complexity index is 4260. The highest BCUT2D eigenvalue weighted by atomic mass is 32.1. The van der Waals surface area contributed by atoms with Gasteiger partial charge in [0.1, 0.15) is 51.6 Å². The minimum atomic E-state index is -0.212. The lowest BCUT2D eigenvalue weighted by atomic mass is 9.84. The van der Waals surface area contributed by atoms with E-state index < -0.39 is 0 Å². The lowest BCUT2D eigenvalue weighted by Gasteiger charge is -2.30. The standard InChI is InChI=1S/2C10H15N.4C9H13NO.4C9H13NS.C9H14O2/c1-5-9-8(6-7-11-9)10(2,3)4;1-5-8-6-7-9(11-8)10(2,3)4;1-5-8-10-7(6-11-8)9(2,3)4;1-5-8-10-6-7(11-8)9(2,3)4;1-5-8-7(6-11-10-8)9(2,3)4;1-5-7-6-8(11-10-7)9(2,3)4;1-5-8-10-7(6-11-8)9(2,3)4;1-5-8-10-6-7(11-8)9(2,3)4;1-5-8-7(6-11-10-8)9(2,3)4;1-5-7-6-8(11-10-7)9(2,3)4;1-9(2,3)7-5-4-6-8(10)11-7/h5-6H,1,7H2,2-4H3;5,7H,1,6H2,2-4H3;8*5-6H,1H2,2-4H3;4,6-7H,5H2,1-3H3. The zero-order chi connectivity index (χ0) is 93.3. The maximum atomic E-state index is 10.8. The summed E-state index contributed by atoms with van der Waals surface area (Å²) in [4.78, 5) is 39.0. The summed E-state index contributed by atoms with van der Waals surface area (Å²) in [6.45, 7) is 108. The Hall–Kier alpha value is -9.21. The minimum Gasteiger partial charge on any atom is -0.458 e. The molecule has 0 aliphatic carbocycles. The Kier molecular flexibility index (Phi) is 43.6. The molecule has 0 radical (unpaired) electrons. The summed E-state index contributed by atoms with van der Waals surface area (Å²) in [5.74, 6) is 2.76.